The third-order valence-corrected chi connectivity index (χ3v) is 4.70. The molecule has 0 aliphatic rings. The number of nitrogens with one attached hydrogen (secondary N) is 2. The number of carbonyl (C=O) groups is 1. The predicted molar refractivity (Wildman–Crippen MR) is 106 cm³/mol. The second-order valence-electron chi connectivity index (χ2n) is 6.38. The Morgan fingerprint density at radius 1 is 1.08 bits per heavy atom. The fourth-order valence-electron chi connectivity index (χ4n) is 3.06. The van der Waals surface area contributed by atoms with Crippen molar-refractivity contribution in [2.24, 2.45) is 0 Å². The molecule has 0 aliphatic carbocycles. The van der Waals surface area contributed by atoms with Crippen molar-refractivity contribution in [2.75, 3.05) is 6.54 Å². The molecule has 0 spiro atoms. The van der Waals surface area contributed by atoms with Crippen LogP contribution in [0.25, 0.3) is 21.8 Å². The third-order valence-electron chi connectivity index (χ3n) is 4.45. The summed E-state index contributed by atoms with van der Waals surface area (Å²) < 4.78 is 0. The number of hydrogen-bond acceptors (Lipinski definition) is 2. The van der Waals surface area contributed by atoms with Gasteiger partial charge in [0.05, 0.1) is 11.0 Å². The number of aromatic amines is 1. The Morgan fingerprint density at radius 2 is 1.81 bits per heavy atom. The van der Waals surface area contributed by atoms with Gasteiger partial charge in [-0.3, -0.25) is 4.79 Å². The normalized spacial score (nSPS) is 11.2. The summed E-state index contributed by atoms with van der Waals surface area (Å²) in [6, 6.07) is 17.6. The fourth-order valence-corrected chi connectivity index (χ4v) is 3.19. The first-order valence-electron chi connectivity index (χ1n) is 8.52. The number of hydrogen-bond donors (Lipinski definition) is 2. The molecule has 5 heteroatoms. The zero-order valence-corrected chi connectivity index (χ0v) is 15.1. The van der Waals surface area contributed by atoms with Crippen LogP contribution in [-0.4, -0.2) is 22.4 Å². The van der Waals surface area contributed by atoms with E-state index in [1.54, 1.807) is 0 Å². The number of aryl methyl sites for hydroxylation is 1. The summed E-state index contributed by atoms with van der Waals surface area (Å²) in [4.78, 5) is 20.4. The Kier molecular flexibility index (Phi) is 4.35. The summed E-state index contributed by atoms with van der Waals surface area (Å²) >= 11 is 5.89. The van der Waals surface area contributed by atoms with Gasteiger partial charge in [-0.05, 0) is 43.2 Å². The average molecular weight is 364 g/mol. The Labute approximate surface area is 156 Å². The van der Waals surface area contributed by atoms with Gasteiger partial charge in [-0.25, -0.2) is 4.98 Å². The highest BCUT2D eigenvalue weighted by atomic mass is 35.5. The molecule has 2 aromatic carbocycles. The van der Waals surface area contributed by atoms with Crippen molar-refractivity contribution >= 4 is 39.3 Å². The van der Waals surface area contributed by atoms with E-state index in [1.807, 2.05) is 55.5 Å². The van der Waals surface area contributed by atoms with Crippen LogP contribution >= 0.6 is 11.6 Å². The first kappa shape index (κ1) is 16.6. The van der Waals surface area contributed by atoms with Crippen molar-refractivity contribution in [3.05, 3.63) is 76.6 Å². The highest BCUT2D eigenvalue weighted by molar-refractivity contribution is 6.30. The highest BCUT2D eigenvalue weighted by Crippen LogP contribution is 2.24. The van der Waals surface area contributed by atoms with Crippen LogP contribution in [0.2, 0.25) is 5.02 Å². The largest absolute Gasteiger partial charge is 0.357 e. The maximum Gasteiger partial charge on any atom is 0.269 e. The summed E-state index contributed by atoms with van der Waals surface area (Å²) in [6.07, 6.45) is 0.749. The summed E-state index contributed by atoms with van der Waals surface area (Å²) in [6.45, 7) is 2.56. The maximum absolute atomic E-state index is 12.5. The van der Waals surface area contributed by atoms with E-state index in [4.69, 9.17) is 11.6 Å². The van der Waals surface area contributed by atoms with Crippen molar-refractivity contribution in [1.29, 1.82) is 0 Å². The standard InChI is InChI=1S/C21H18ClN3O/c1-13-2-5-15-6-7-16-12-18(25-20(16)19(15)24-13)21(26)23-11-10-14-3-8-17(22)9-4-14/h2-9,12,24H,10-11H2,1H3,(H,23,26). The van der Waals surface area contributed by atoms with Crippen LogP contribution in [0.1, 0.15) is 21.7 Å². The lowest BCUT2D eigenvalue weighted by Gasteiger charge is -2.04. The minimum absolute atomic E-state index is 0.157. The number of halogens is 1. The molecule has 26 heavy (non-hydrogen) atoms. The lowest BCUT2D eigenvalue weighted by Crippen LogP contribution is -2.25. The van der Waals surface area contributed by atoms with Gasteiger partial charge < -0.3 is 10.3 Å². The molecule has 0 saturated heterocycles. The molecule has 4 nitrogen and oxygen atoms in total. The number of fused-ring (bicyclic) bond motifs is 3. The maximum atomic E-state index is 12.5. The van der Waals surface area contributed by atoms with Crippen LogP contribution in [-0.2, 0) is 6.42 Å². The van der Waals surface area contributed by atoms with E-state index in [2.05, 4.69) is 21.4 Å². The molecule has 0 aliphatic heterocycles. The van der Waals surface area contributed by atoms with Crippen LogP contribution in [0.15, 0.2) is 54.6 Å². The molecule has 0 fully saturated rings. The molecule has 0 atom stereocenters. The Balaban J connectivity index is 1.52. The highest BCUT2D eigenvalue weighted by Gasteiger charge is 2.12. The summed E-state index contributed by atoms with van der Waals surface area (Å²) in [5, 5.41) is 5.69. The number of pyridine rings is 1. The van der Waals surface area contributed by atoms with Gasteiger partial charge in [0.1, 0.15) is 5.69 Å². The number of aromatic nitrogens is 2. The lowest BCUT2D eigenvalue weighted by atomic mass is 10.1. The molecule has 0 radical (unpaired) electrons. The molecule has 2 heterocycles. The van der Waals surface area contributed by atoms with Gasteiger partial charge in [-0.2, -0.15) is 0 Å². The molecule has 1 amide bonds. The number of amides is 1. The monoisotopic (exact) mass is 363 g/mol. The molecule has 2 N–H and O–H groups in total. The molecular formula is C21H18ClN3O. The number of benzene rings is 2. The molecule has 130 valence electrons. The van der Waals surface area contributed by atoms with Crippen molar-refractivity contribution in [3.63, 3.8) is 0 Å². The second-order valence-corrected chi connectivity index (χ2v) is 6.82. The van der Waals surface area contributed by atoms with Crippen LogP contribution in [0.5, 0.6) is 0 Å². The number of H-pyrrole nitrogens is 1. The number of nitrogens with zero attached hydrogens (tertiary/aromatic N) is 1. The van der Waals surface area contributed by atoms with E-state index >= 15 is 0 Å². The molecular weight excluding hydrogens is 346 g/mol. The molecule has 0 saturated carbocycles. The Bertz CT molecular complexity index is 1100. The Morgan fingerprint density at radius 3 is 2.62 bits per heavy atom. The van der Waals surface area contributed by atoms with Gasteiger partial charge in [0, 0.05) is 28.0 Å². The fraction of sp³-hybridized carbons (Fsp3) is 0.143. The van der Waals surface area contributed by atoms with E-state index in [1.165, 1.54) is 0 Å². The second kappa shape index (κ2) is 6.81. The van der Waals surface area contributed by atoms with Gasteiger partial charge in [-0.15, -0.1) is 0 Å². The van der Waals surface area contributed by atoms with Gasteiger partial charge in [0.15, 0.2) is 0 Å². The van der Waals surface area contributed by atoms with Crippen LogP contribution in [0, 0.1) is 6.92 Å². The van der Waals surface area contributed by atoms with Crippen LogP contribution in [0.4, 0.5) is 0 Å². The predicted octanol–water partition coefficient (Wildman–Crippen LogP) is 4.65. The van der Waals surface area contributed by atoms with Crippen LogP contribution < -0.4 is 5.32 Å². The van der Waals surface area contributed by atoms with Gasteiger partial charge >= 0.3 is 0 Å². The van der Waals surface area contributed by atoms with E-state index in [0.29, 0.717) is 17.3 Å². The first-order chi connectivity index (χ1) is 12.6. The molecule has 0 unspecified atom stereocenters. The molecule has 4 rings (SSSR count). The minimum atomic E-state index is -0.157. The SMILES string of the molecule is Cc1ccc2ccc3cc(C(=O)NCCc4ccc(Cl)cc4)nc3c2[nH]1. The smallest absolute Gasteiger partial charge is 0.269 e. The van der Waals surface area contributed by atoms with Crippen molar-refractivity contribution in [1.82, 2.24) is 15.3 Å². The molecule has 4 aromatic rings. The summed E-state index contributed by atoms with van der Waals surface area (Å²) in [5.41, 5.74) is 4.42. The first-order valence-corrected chi connectivity index (χ1v) is 8.90. The van der Waals surface area contributed by atoms with E-state index < -0.39 is 0 Å². The third kappa shape index (κ3) is 3.28. The topological polar surface area (TPSA) is 57.8 Å². The van der Waals surface area contributed by atoms with E-state index in [9.17, 15) is 4.79 Å². The van der Waals surface area contributed by atoms with Gasteiger partial charge in [-0.1, -0.05) is 41.9 Å². The number of carbonyl (C=O) groups excluding carboxylic acids is 1. The zero-order valence-electron chi connectivity index (χ0n) is 14.3. The van der Waals surface area contributed by atoms with Crippen molar-refractivity contribution in [2.45, 2.75) is 13.3 Å². The van der Waals surface area contributed by atoms with Crippen LogP contribution in [0.3, 0.4) is 0 Å². The van der Waals surface area contributed by atoms with Crippen molar-refractivity contribution < 1.29 is 4.79 Å². The van der Waals surface area contributed by atoms with Gasteiger partial charge in [0.2, 0.25) is 0 Å². The molecule has 2 aromatic heterocycles. The molecule has 0 bridgehead atoms. The zero-order chi connectivity index (χ0) is 18.1. The number of rotatable bonds is 4. The van der Waals surface area contributed by atoms with Crippen molar-refractivity contribution in [3.8, 4) is 0 Å². The lowest BCUT2D eigenvalue weighted by molar-refractivity contribution is 0.0950. The van der Waals surface area contributed by atoms with E-state index in [0.717, 1.165) is 39.5 Å². The van der Waals surface area contributed by atoms with E-state index in [-0.39, 0.29) is 5.91 Å². The average Bonchev–Trinajstić information content (AvgIpc) is 3.08. The minimum Gasteiger partial charge on any atom is -0.357 e. The summed E-state index contributed by atoms with van der Waals surface area (Å²) in [7, 11) is 0. The van der Waals surface area contributed by atoms with Gasteiger partial charge in [0.25, 0.3) is 5.91 Å². The Hall–Kier alpha value is -2.85. The summed E-state index contributed by atoms with van der Waals surface area (Å²) in [5.74, 6) is -0.157. The quantitative estimate of drug-likeness (QED) is 0.554.